The van der Waals surface area contributed by atoms with Gasteiger partial charge in [0.05, 0.1) is 23.0 Å². The molecule has 158 valence electrons. The SMILES string of the molecule is CC(O)CNc1nc(Nc2cnc(F)c(Cl)c2)nc(-c2cccc(C(F)(F)F)n2)n1. The van der Waals surface area contributed by atoms with Crippen molar-refractivity contribution in [3.8, 4) is 11.5 Å². The van der Waals surface area contributed by atoms with E-state index >= 15 is 0 Å². The first-order valence-electron chi connectivity index (χ1n) is 8.42. The Morgan fingerprint density at radius 1 is 1.13 bits per heavy atom. The number of alkyl halides is 3. The normalized spacial score (nSPS) is 12.5. The molecule has 0 aliphatic heterocycles. The first kappa shape index (κ1) is 21.6. The maximum atomic E-state index is 13.3. The number of aliphatic hydroxyl groups excluding tert-OH is 1. The molecule has 3 heterocycles. The summed E-state index contributed by atoms with van der Waals surface area (Å²) in [6, 6.07) is 4.54. The minimum absolute atomic E-state index is 0.0243. The van der Waals surface area contributed by atoms with Gasteiger partial charge in [0.25, 0.3) is 0 Å². The number of halogens is 5. The maximum Gasteiger partial charge on any atom is 0.433 e. The van der Waals surface area contributed by atoms with E-state index in [1.807, 2.05) is 0 Å². The Bertz CT molecular complexity index is 1050. The predicted octanol–water partition coefficient (Wildman–Crippen LogP) is 3.68. The Kier molecular flexibility index (Phi) is 6.27. The van der Waals surface area contributed by atoms with Crippen molar-refractivity contribution in [2.45, 2.75) is 19.2 Å². The minimum atomic E-state index is -4.64. The molecular weight excluding hydrogens is 430 g/mol. The van der Waals surface area contributed by atoms with Crippen LogP contribution in [0.1, 0.15) is 12.6 Å². The summed E-state index contributed by atoms with van der Waals surface area (Å²) in [5, 5.41) is 14.7. The average molecular weight is 444 g/mol. The van der Waals surface area contributed by atoms with Crippen molar-refractivity contribution < 1.29 is 22.7 Å². The number of hydrogen-bond acceptors (Lipinski definition) is 8. The minimum Gasteiger partial charge on any atom is -0.392 e. The molecule has 3 rings (SSSR count). The summed E-state index contributed by atoms with van der Waals surface area (Å²) in [6.45, 7) is 1.59. The Balaban J connectivity index is 2.00. The van der Waals surface area contributed by atoms with Crippen LogP contribution in [0.4, 0.5) is 35.1 Å². The van der Waals surface area contributed by atoms with Gasteiger partial charge in [-0.15, -0.1) is 0 Å². The number of nitrogens with zero attached hydrogens (tertiary/aromatic N) is 5. The fourth-order valence-corrected chi connectivity index (χ4v) is 2.37. The quantitative estimate of drug-likeness (QED) is 0.391. The van der Waals surface area contributed by atoms with E-state index in [-0.39, 0.29) is 40.7 Å². The molecule has 13 heteroatoms. The molecule has 0 aliphatic carbocycles. The fraction of sp³-hybridized carbons (Fsp3) is 0.235. The van der Waals surface area contributed by atoms with Crippen molar-refractivity contribution in [1.82, 2.24) is 24.9 Å². The second kappa shape index (κ2) is 8.71. The molecule has 0 bridgehead atoms. The second-order valence-corrected chi connectivity index (χ2v) is 6.47. The third kappa shape index (κ3) is 5.48. The number of hydrogen-bond donors (Lipinski definition) is 3. The average Bonchev–Trinajstić information content (AvgIpc) is 2.68. The van der Waals surface area contributed by atoms with Crippen molar-refractivity contribution in [2.24, 2.45) is 0 Å². The molecule has 1 unspecified atom stereocenters. The zero-order valence-electron chi connectivity index (χ0n) is 15.2. The molecule has 1 atom stereocenters. The van der Waals surface area contributed by atoms with Crippen LogP contribution in [0, 0.1) is 5.95 Å². The lowest BCUT2D eigenvalue weighted by atomic mass is 10.3. The molecule has 3 N–H and O–H groups in total. The summed E-state index contributed by atoms with van der Waals surface area (Å²) in [7, 11) is 0. The highest BCUT2D eigenvalue weighted by Gasteiger charge is 2.32. The molecule has 0 fully saturated rings. The van der Waals surface area contributed by atoms with Crippen LogP contribution >= 0.6 is 11.6 Å². The van der Waals surface area contributed by atoms with Crippen molar-refractivity contribution in [2.75, 3.05) is 17.2 Å². The molecule has 0 amide bonds. The molecule has 0 aliphatic rings. The summed E-state index contributed by atoms with van der Waals surface area (Å²) in [6.07, 6.45) is -4.25. The van der Waals surface area contributed by atoms with Crippen molar-refractivity contribution in [3.63, 3.8) is 0 Å². The van der Waals surface area contributed by atoms with Gasteiger partial charge in [-0.3, -0.25) is 0 Å². The van der Waals surface area contributed by atoms with Crippen LogP contribution in [0.5, 0.6) is 0 Å². The van der Waals surface area contributed by atoms with Gasteiger partial charge in [0.15, 0.2) is 5.82 Å². The second-order valence-electron chi connectivity index (χ2n) is 6.06. The summed E-state index contributed by atoms with van der Waals surface area (Å²) >= 11 is 5.70. The van der Waals surface area contributed by atoms with Crippen LogP contribution in [0.3, 0.4) is 0 Å². The Morgan fingerprint density at radius 3 is 2.53 bits per heavy atom. The highest BCUT2D eigenvalue weighted by atomic mass is 35.5. The van der Waals surface area contributed by atoms with Crippen LogP contribution in [0.15, 0.2) is 30.5 Å². The molecule has 0 spiro atoms. The zero-order chi connectivity index (χ0) is 21.9. The third-order valence-electron chi connectivity index (χ3n) is 3.51. The van der Waals surface area contributed by atoms with Crippen LogP contribution in [0.2, 0.25) is 5.02 Å². The van der Waals surface area contributed by atoms with Gasteiger partial charge in [0.2, 0.25) is 17.8 Å². The highest BCUT2D eigenvalue weighted by molar-refractivity contribution is 6.30. The topological polar surface area (TPSA) is 109 Å². The molecular formula is C17H14ClF4N7O. The van der Waals surface area contributed by atoms with Crippen LogP contribution in [-0.4, -0.2) is 42.7 Å². The molecule has 0 radical (unpaired) electrons. The van der Waals surface area contributed by atoms with Gasteiger partial charge in [0.1, 0.15) is 11.4 Å². The lowest BCUT2D eigenvalue weighted by Gasteiger charge is -2.12. The van der Waals surface area contributed by atoms with E-state index in [0.717, 1.165) is 12.3 Å². The van der Waals surface area contributed by atoms with Gasteiger partial charge in [-0.1, -0.05) is 17.7 Å². The number of aliphatic hydroxyl groups is 1. The standard InChI is InChI=1S/C17H14ClF4N7O/c1-8(30)6-24-15-27-14(11-3-2-4-12(26-11)17(20,21)22)28-16(29-15)25-9-5-10(18)13(19)23-7-9/h2-5,7-8,30H,6H2,1H3,(H2,24,25,27,28,29). The van der Waals surface area contributed by atoms with Crippen LogP contribution < -0.4 is 10.6 Å². The van der Waals surface area contributed by atoms with Crippen LogP contribution in [0.25, 0.3) is 11.5 Å². The molecule has 3 aromatic heterocycles. The van der Waals surface area contributed by atoms with Gasteiger partial charge < -0.3 is 15.7 Å². The van der Waals surface area contributed by atoms with Crippen molar-refractivity contribution in [3.05, 3.63) is 47.1 Å². The van der Waals surface area contributed by atoms with Gasteiger partial charge in [-0.05, 0) is 25.1 Å². The fourth-order valence-electron chi connectivity index (χ4n) is 2.20. The number of nitrogens with one attached hydrogen (secondary N) is 2. The van der Waals surface area contributed by atoms with E-state index in [0.29, 0.717) is 0 Å². The summed E-state index contributed by atoms with van der Waals surface area (Å²) in [4.78, 5) is 19.2. The molecule has 0 saturated carbocycles. The van der Waals surface area contributed by atoms with E-state index in [4.69, 9.17) is 11.6 Å². The lowest BCUT2D eigenvalue weighted by molar-refractivity contribution is -0.141. The number of pyridine rings is 2. The number of rotatable bonds is 6. The smallest absolute Gasteiger partial charge is 0.392 e. The van der Waals surface area contributed by atoms with E-state index in [2.05, 4.69) is 35.6 Å². The van der Waals surface area contributed by atoms with E-state index in [9.17, 15) is 22.7 Å². The first-order chi connectivity index (χ1) is 14.1. The Labute approximate surface area is 172 Å². The first-order valence-corrected chi connectivity index (χ1v) is 8.80. The largest absolute Gasteiger partial charge is 0.433 e. The zero-order valence-corrected chi connectivity index (χ0v) is 16.0. The van der Waals surface area contributed by atoms with Crippen LogP contribution in [-0.2, 0) is 6.18 Å². The molecule has 30 heavy (non-hydrogen) atoms. The Morgan fingerprint density at radius 2 is 1.87 bits per heavy atom. The third-order valence-corrected chi connectivity index (χ3v) is 3.78. The summed E-state index contributed by atoms with van der Waals surface area (Å²) < 4.78 is 52.2. The van der Waals surface area contributed by atoms with Gasteiger partial charge in [0, 0.05) is 6.54 Å². The molecule has 8 nitrogen and oxygen atoms in total. The Hall–Kier alpha value is -3.12. The van der Waals surface area contributed by atoms with Gasteiger partial charge >= 0.3 is 6.18 Å². The number of aromatic nitrogens is 5. The van der Waals surface area contributed by atoms with E-state index in [1.54, 1.807) is 0 Å². The monoisotopic (exact) mass is 443 g/mol. The van der Waals surface area contributed by atoms with Gasteiger partial charge in [-0.2, -0.15) is 32.5 Å². The number of anilines is 3. The summed E-state index contributed by atoms with van der Waals surface area (Å²) in [5.41, 5.74) is -1.02. The van der Waals surface area contributed by atoms with Crippen molar-refractivity contribution in [1.29, 1.82) is 0 Å². The molecule has 0 saturated heterocycles. The maximum absolute atomic E-state index is 13.3. The van der Waals surface area contributed by atoms with Crippen molar-refractivity contribution >= 4 is 29.2 Å². The van der Waals surface area contributed by atoms with E-state index < -0.39 is 23.9 Å². The predicted molar refractivity (Wildman–Crippen MR) is 101 cm³/mol. The van der Waals surface area contributed by atoms with Gasteiger partial charge in [-0.25, -0.2) is 9.97 Å². The lowest BCUT2D eigenvalue weighted by Crippen LogP contribution is -2.18. The summed E-state index contributed by atoms with van der Waals surface area (Å²) in [5.74, 6) is -1.14. The molecule has 0 aromatic carbocycles. The highest BCUT2D eigenvalue weighted by Crippen LogP contribution is 2.29. The van der Waals surface area contributed by atoms with E-state index in [1.165, 1.54) is 25.1 Å². The molecule has 3 aromatic rings.